The van der Waals surface area contributed by atoms with Crippen molar-refractivity contribution in [2.45, 2.75) is 25.9 Å². The summed E-state index contributed by atoms with van der Waals surface area (Å²) in [6.07, 6.45) is 2.87. The van der Waals surface area contributed by atoms with Crippen LogP contribution in [0.3, 0.4) is 0 Å². The molecule has 2 aromatic carbocycles. The molecule has 0 spiro atoms. The van der Waals surface area contributed by atoms with Crippen LogP contribution in [0.1, 0.15) is 34.7 Å². The second kappa shape index (κ2) is 10.5. The predicted molar refractivity (Wildman–Crippen MR) is 160 cm³/mol. The number of pyridine rings is 1. The maximum Gasteiger partial charge on any atom is 0.229 e. The number of hydrogen-bond donors (Lipinski definition) is 2. The van der Waals surface area contributed by atoms with E-state index in [1.165, 1.54) is 7.11 Å². The standard InChI is InChI=1S/C28H28ClN5O3S2/c1-17-15-22(18(2)33(17)20-10-8-19(29)9-11-20)27-26(24-7-5-6-14-30-24)31-28(38)34(27)21-12-13-23(25(16-21)37-3)32-39(4,35)36/h5-16,26-27,32H,1-4H3,(H,31,38)/t26-,27-/m1/s1. The molecule has 0 unspecified atom stereocenters. The minimum atomic E-state index is -3.49. The Labute approximate surface area is 238 Å². The van der Waals surface area contributed by atoms with Gasteiger partial charge in [-0.3, -0.25) is 9.71 Å². The number of methoxy groups -OCH3 is 1. The van der Waals surface area contributed by atoms with Gasteiger partial charge in [0.2, 0.25) is 10.0 Å². The second-order valence-corrected chi connectivity index (χ2v) is 12.0. The summed E-state index contributed by atoms with van der Waals surface area (Å²) in [4.78, 5) is 6.68. The number of hydrogen-bond acceptors (Lipinski definition) is 5. The van der Waals surface area contributed by atoms with Crippen molar-refractivity contribution in [3.8, 4) is 11.4 Å². The third-order valence-corrected chi connectivity index (χ3v) is 7.89. The molecule has 1 aliphatic heterocycles. The smallest absolute Gasteiger partial charge is 0.229 e. The molecule has 1 saturated heterocycles. The molecule has 0 saturated carbocycles. The van der Waals surface area contributed by atoms with E-state index >= 15 is 0 Å². The summed E-state index contributed by atoms with van der Waals surface area (Å²) in [6, 6.07) is 20.5. The van der Waals surface area contributed by atoms with E-state index in [2.05, 4.69) is 39.5 Å². The molecule has 2 atom stereocenters. The van der Waals surface area contributed by atoms with Crippen LogP contribution in [0.4, 0.5) is 11.4 Å². The fraction of sp³-hybridized carbons (Fsp3) is 0.214. The fourth-order valence-electron chi connectivity index (χ4n) is 5.14. The highest BCUT2D eigenvalue weighted by molar-refractivity contribution is 7.92. The average molecular weight is 582 g/mol. The number of thiocarbonyl (C=S) groups is 1. The Morgan fingerprint density at radius 1 is 1.05 bits per heavy atom. The zero-order valence-corrected chi connectivity index (χ0v) is 24.2. The Hall–Kier alpha value is -3.60. The van der Waals surface area contributed by atoms with Gasteiger partial charge in [-0.05, 0) is 86.2 Å². The van der Waals surface area contributed by atoms with Crippen molar-refractivity contribution < 1.29 is 13.2 Å². The first-order valence-electron chi connectivity index (χ1n) is 12.2. The zero-order valence-electron chi connectivity index (χ0n) is 21.8. The molecule has 4 aromatic rings. The van der Waals surface area contributed by atoms with Gasteiger partial charge in [-0.2, -0.15) is 0 Å². The number of benzene rings is 2. The van der Waals surface area contributed by atoms with Crippen molar-refractivity contribution in [1.29, 1.82) is 0 Å². The number of nitrogens with one attached hydrogen (secondary N) is 2. The highest BCUT2D eigenvalue weighted by Crippen LogP contribution is 2.45. The number of rotatable bonds is 7. The Balaban J connectivity index is 1.66. The summed E-state index contributed by atoms with van der Waals surface area (Å²) in [7, 11) is -1.99. The van der Waals surface area contributed by atoms with Gasteiger partial charge in [-0.25, -0.2) is 8.42 Å². The van der Waals surface area contributed by atoms with E-state index in [-0.39, 0.29) is 12.1 Å². The first-order chi connectivity index (χ1) is 18.6. The van der Waals surface area contributed by atoms with Crippen molar-refractivity contribution in [3.63, 3.8) is 0 Å². The molecule has 8 nitrogen and oxygen atoms in total. The maximum absolute atomic E-state index is 11.9. The number of nitrogens with zero attached hydrogens (tertiary/aromatic N) is 3. The monoisotopic (exact) mass is 581 g/mol. The molecular formula is C28H28ClN5O3S2. The van der Waals surface area contributed by atoms with Gasteiger partial charge in [0, 0.05) is 40.0 Å². The number of sulfonamides is 1. The molecule has 0 radical (unpaired) electrons. The van der Waals surface area contributed by atoms with E-state index < -0.39 is 10.0 Å². The van der Waals surface area contributed by atoms with Crippen LogP contribution in [0, 0.1) is 13.8 Å². The largest absolute Gasteiger partial charge is 0.494 e. The van der Waals surface area contributed by atoms with Gasteiger partial charge < -0.3 is 19.5 Å². The molecule has 11 heteroatoms. The first-order valence-corrected chi connectivity index (χ1v) is 14.9. The van der Waals surface area contributed by atoms with Crippen LogP contribution in [0.2, 0.25) is 5.02 Å². The SMILES string of the molecule is COc1cc(N2C(=S)N[C@H](c3ccccn3)[C@H]2c2cc(C)n(-c3ccc(Cl)cc3)c2C)ccc1NS(C)(=O)=O. The first kappa shape index (κ1) is 27.0. The summed E-state index contributed by atoms with van der Waals surface area (Å²) in [5, 5.41) is 4.68. The van der Waals surface area contributed by atoms with Crippen LogP contribution >= 0.6 is 23.8 Å². The highest BCUT2D eigenvalue weighted by atomic mass is 35.5. The topological polar surface area (TPSA) is 88.5 Å². The lowest BCUT2D eigenvalue weighted by molar-refractivity contribution is 0.417. The molecule has 1 fully saturated rings. The van der Waals surface area contributed by atoms with Gasteiger partial charge in [0.15, 0.2) is 5.11 Å². The lowest BCUT2D eigenvalue weighted by atomic mass is 9.96. The molecular weight excluding hydrogens is 554 g/mol. The van der Waals surface area contributed by atoms with Crippen LogP contribution in [0.15, 0.2) is 72.9 Å². The number of anilines is 2. The van der Waals surface area contributed by atoms with Gasteiger partial charge in [0.05, 0.1) is 36.8 Å². The number of aromatic nitrogens is 2. The summed E-state index contributed by atoms with van der Waals surface area (Å²) >= 11 is 12.0. The third-order valence-electron chi connectivity index (χ3n) is 6.73. The molecule has 2 aromatic heterocycles. The maximum atomic E-state index is 11.9. The fourth-order valence-corrected chi connectivity index (χ4v) is 6.18. The second-order valence-electron chi connectivity index (χ2n) is 9.39. The van der Waals surface area contributed by atoms with Crippen LogP contribution in [-0.2, 0) is 10.0 Å². The van der Waals surface area contributed by atoms with Gasteiger partial charge in [-0.15, -0.1) is 0 Å². The van der Waals surface area contributed by atoms with Crippen molar-refractivity contribution in [2.75, 3.05) is 23.0 Å². The Kier molecular flexibility index (Phi) is 7.28. The number of aryl methyl sites for hydroxylation is 1. The number of halogens is 1. The van der Waals surface area contributed by atoms with Crippen molar-refractivity contribution in [1.82, 2.24) is 14.9 Å². The van der Waals surface area contributed by atoms with Crippen LogP contribution < -0.4 is 19.7 Å². The van der Waals surface area contributed by atoms with E-state index in [1.807, 2.05) is 53.4 Å². The van der Waals surface area contributed by atoms with Crippen molar-refractivity contribution >= 4 is 50.3 Å². The highest BCUT2D eigenvalue weighted by Gasteiger charge is 2.42. The zero-order chi connectivity index (χ0) is 27.9. The van der Waals surface area contributed by atoms with Crippen LogP contribution in [0.25, 0.3) is 5.69 Å². The summed E-state index contributed by atoms with van der Waals surface area (Å²) in [5.74, 6) is 0.382. The molecule has 0 aliphatic carbocycles. The van der Waals surface area contributed by atoms with E-state index in [9.17, 15) is 8.42 Å². The average Bonchev–Trinajstić information content (AvgIpc) is 3.39. The van der Waals surface area contributed by atoms with E-state index in [0.29, 0.717) is 21.6 Å². The Bertz CT molecular complexity index is 1640. The van der Waals surface area contributed by atoms with Gasteiger partial charge in [0.25, 0.3) is 0 Å². The molecule has 3 heterocycles. The summed E-state index contributed by atoms with van der Waals surface area (Å²) in [5.41, 5.74) is 6.15. The molecule has 1 aliphatic rings. The van der Waals surface area contributed by atoms with Gasteiger partial charge in [-0.1, -0.05) is 17.7 Å². The summed E-state index contributed by atoms with van der Waals surface area (Å²) < 4.78 is 34.0. The summed E-state index contributed by atoms with van der Waals surface area (Å²) in [6.45, 7) is 4.16. The van der Waals surface area contributed by atoms with Crippen molar-refractivity contribution in [2.24, 2.45) is 0 Å². The minimum Gasteiger partial charge on any atom is -0.494 e. The molecule has 2 N–H and O–H groups in total. The Morgan fingerprint density at radius 2 is 1.77 bits per heavy atom. The molecule has 39 heavy (non-hydrogen) atoms. The van der Waals surface area contributed by atoms with Gasteiger partial charge in [0.1, 0.15) is 5.75 Å². The minimum absolute atomic E-state index is 0.238. The van der Waals surface area contributed by atoms with E-state index in [0.717, 1.165) is 40.3 Å². The molecule has 5 rings (SSSR count). The predicted octanol–water partition coefficient (Wildman–Crippen LogP) is 5.70. The normalized spacial score (nSPS) is 17.3. The van der Waals surface area contributed by atoms with E-state index in [1.54, 1.807) is 18.3 Å². The van der Waals surface area contributed by atoms with Crippen molar-refractivity contribution in [3.05, 3.63) is 101 Å². The lowest BCUT2D eigenvalue weighted by Gasteiger charge is -2.29. The number of ether oxygens (including phenoxy) is 1. The lowest BCUT2D eigenvalue weighted by Crippen LogP contribution is -2.29. The van der Waals surface area contributed by atoms with Crippen LogP contribution in [-0.4, -0.2) is 36.4 Å². The Morgan fingerprint density at radius 3 is 2.41 bits per heavy atom. The third kappa shape index (κ3) is 5.32. The molecule has 202 valence electrons. The van der Waals surface area contributed by atoms with E-state index in [4.69, 9.17) is 28.6 Å². The molecule has 0 bridgehead atoms. The molecule has 0 amide bonds. The van der Waals surface area contributed by atoms with Gasteiger partial charge >= 0.3 is 0 Å². The van der Waals surface area contributed by atoms with Crippen LogP contribution in [0.5, 0.6) is 5.75 Å². The quantitative estimate of drug-likeness (QED) is 0.271.